The van der Waals surface area contributed by atoms with E-state index in [2.05, 4.69) is 0 Å². The average molecular weight is 245 g/mol. The van der Waals surface area contributed by atoms with Crippen LogP contribution in [0.3, 0.4) is 0 Å². The molecule has 3 nitrogen and oxygen atoms in total. The highest BCUT2D eigenvalue weighted by atomic mass is 19.4. The van der Waals surface area contributed by atoms with Crippen molar-refractivity contribution in [1.29, 1.82) is 5.26 Å². The van der Waals surface area contributed by atoms with Crippen LogP contribution >= 0.6 is 0 Å². The fourth-order valence-corrected chi connectivity index (χ4v) is 1.16. The van der Waals surface area contributed by atoms with E-state index in [1.807, 2.05) is 0 Å². The Balaban J connectivity index is 3.08. The Morgan fingerprint density at radius 1 is 1.47 bits per heavy atom. The summed E-state index contributed by atoms with van der Waals surface area (Å²) in [6.45, 7) is 1.16. The first-order valence-corrected chi connectivity index (χ1v) is 4.77. The Hall–Kier alpha value is -1.74. The number of hydrogen-bond donors (Lipinski definition) is 1. The summed E-state index contributed by atoms with van der Waals surface area (Å²) in [5, 5.41) is 17.5. The average Bonchev–Trinajstić information content (AvgIpc) is 2.24. The summed E-state index contributed by atoms with van der Waals surface area (Å²) >= 11 is 0. The van der Waals surface area contributed by atoms with E-state index in [0.717, 1.165) is 12.1 Å². The number of hydrogen-bond acceptors (Lipinski definition) is 3. The fraction of sp³-hybridized carbons (Fsp3) is 0.364. The number of rotatable bonds is 3. The van der Waals surface area contributed by atoms with Crippen molar-refractivity contribution in [1.82, 2.24) is 0 Å². The third-order valence-electron chi connectivity index (χ3n) is 1.89. The summed E-state index contributed by atoms with van der Waals surface area (Å²) in [4.78, 5) is 0. The minimum Gasteiger partial charge on any atom is -0.490 e. The zero-order chi connectivity index (χ0) is 13.1. The molecular weight excluding hydrogens is 235 g/mol. The van der Waals surface area contributed by atoms with E-state index in [0.29, 0.717) is 0 Å². The molecule has 17 heavy (non-hydrogen) atoms. The van der Waals surface area contributed by atoms with Crippen molar-refractivity contribution >= 4 is 0 Å². The van der Waals surface area contributed by atoms with Gasteiger partial charge in [0.05, 0.1) is 23.3 Å². The number of nitrogens with zero attached hydrogens (tertiary/aromatic N) is 1. The molecule has 0 aliphatic carbocycles. The lowest BCUT2D eigenvalue weighted by Crippen LogP contribution is -2.16. The molecule has 0 saturated heterocycles. The second-order valence-corrected chi connectivity index (χ2v) is 3.48. The molecule has 0 heterocycles. The van der Waals surface area contributed by atoms with E-state index in [1.165, 1.54) is 13.0 Å². The predicted octanol–water partition coefficient (Wildman–Crippen LogP) is 2.34. The quantitative estimate of drug-likeness (QED) is 0.889. The molecule has 0 aliphatic heterocycles. The number of aliphatic hydroxyl groups excluding tert-OH is 1. The smallest absolute Gasteiger partial charge is 0.420 e. The van der Waals surface area contributed by atoms with E-state index >= 15 is 0 Å². The van der Waals surface area contributed by atoms with Gasteiger partial charge in [-0.2, -0.15) is 18.4 Å². The van der Waals surface area contributed by atoms with Crippen LogP contribution in [0.1, 0.15) is 18.1 Å². The predicted molar refractivity (Wildman–Crippen MR) is 53.3 cm³/mol. The summed E-state index contributed by atoms with van der Waals surface area (Å²) < 4.78 is 42.8. The van der Waals surface area contributed by atoms with E-state index in [4.69, 9.17) is 15.1 Å². The second-order valence-electron chi connectivity index (χ2n) is 3.48. The molecule has 0 amide bonds. The van der Waals surface area contributed by atoms with Gasteiger partial charge in [0.2, 0.25) is 0 Å². The normalized spacial score (nSPS) is 12.9. The van der Waals surface area contributed by atoms with Crippen LogP contribution in [0.4, 0.5) is 13.2 Å². The Bertz CT molecular complexity index is 435. The number of nitriles is 1. The van der Waals surface area contributed by atoms with Gasteiger partial charge < -0.3 is 9.84 Å². The molecule has 6 heteroatoms. The maximum atomic E-state index is 12.6. The topological polar surface area (TPSA) is 53.2 Å². The Kier molecular flexibility index (Phi) is 3.97. The Morgan fingerprint density at radius 3 is 2.59 bits per heavy atom. The van der Waals surface area contributed by atoms with E-state index < -0.39 is 23.6 Å². The summed E-state index contributed by atoms with van der Waals surface area (Å²) in [6.07, 6.45) is -5.47. The minimum absolute atomic E-state index is 0.0956. The number of aliphatic hydroxyl groups is 1. The number of ether oxygens (including phenoxy) is 1. The van der Waals surface area contributed by atoms with Crippen molar-refractivity contribution in [2.75, 3.05) is 6.61 Å². The SMILES string of the molecule is C[C@H](O)COc1ccc(C#N)cc1C(F)(F)F. The van der Waals surface area contributed by atoms with Gasteiger partial charge in [0.1, 0.15) is 12.4 Å². The van der Waals surface area contributed by atoms with Gasteiger partial charge in [0.15, 0.2) is 0 Å². The highest BCUT2D eigenvalue weighted by Crippen LogP contribution is 2.36. The molecule has 0 saturated carbocycles. The number of benzene rings is 1. The Labute approximate surface area is 96.1 Å². The first-order valence-electron chi connectivity index (χ1n) is 4.77. The second kappa shape index (κ2) is 5.06. The zero-order valence-electron chi connectivity index (χ0n) is 8.95. The van der Waals surface area contributed by atoms with Gasteiger partial charge in [-0.1, -0.05) is 0 Å². The van der Waals surface area contributed by atoms with Crippen LogP contribution in [0.25, 0.3) is 0 Å². The summed E-state index contributed by atoms with van der Waals surface area (Å²) in [5.74, 6) is -0.391. The number of alkyl halides is 3. The summed E-state index contributed by atoms with van der Waals surface area (Å²) in [5.41, 5.74) is -1.11. The highest BCUT2D eigenvalue weighted by molar-refractivity contribution is 5.43. The van der Waals surface area contributed by atoms with Crippen molar-refractivity contribution in [2.45, 2.75) is 19.2 Å². The molecule has 1 N–H and O–H groups in total. The first kappa shape index (κ1) is 13.3. The lowest BCUT2D eigenvalue weighted by Gasteiger charge is -2.14. The highest BCUT2D eigenvalue weighted by Gasteiger charge is 2.34. The molecule has 0 spiro atoms. The monoisotopic (exact) mass is 245 g/mol. The van der Waals surface area contributed by atoms with Crippen LogP contribution in [0.2, 0.25) is 0 Å². The van der Waals surface area contributed by atoms with Gasteiger partial charge >= 0.3 is 6.18 Å². The first-order chi connectivity index (χ1) is 7.84. The Morgan fingerprint density at radius 2 is 2.12 bits per heavy atom. The molecule has 1 rings (SSSR count). The molecular formula is C11H10F3NO2. The van der Waals surface area contributed by atoms with Crippen LogP contribution in [0.15, 0.2) is 18.2 Å². The molecule has 0 unspecified atom stereocenters. The largest absolute Gasteiger partial charge is 0.490 e. The standard InChI is InChI=1S/C11H10F3NO2/c1-7(16)6-17-10-3-2-8(5-15)4-9(10)11(12,13)14/h2-4,7,16H,6H2,1H3/t7-/m0/s1. The van der Waals surface area contributed by atoms with Crippen molar-refractivity contribution < 1.29 is 23.0 Å². The van der Waals surface area contributed by atoms with Crippen molar-refractivity contribution in [3.05, 3.63) is 29.3 Å². The van der Waals surface area contributed by atoms with Crippen LogP contribution in [0, 0.1) is 11.3 Å². The maximum Gasteiger partial charge on any atom is 0.420 e. The maximum absolute atomic E-state index is 12.6. The zero-order valence-corrected chi connectivity index (χ0v) is 8.95. The summed E-state index contributed by atoms with van der Waals surface area (Å²) in [6, 6.07) is 4.65. The van der Waals surface area contributed by atoms with E-state index in [1.54, 1.807) is 6.07 Å². The molecule has 1 aromatic carbocycles. The van der Waals surface area contributed by atoms with Gasteiger partial charge in [-0.05, 0) is 25.1 Å². The third kappa shape index (κ3) is 3.64. The molecule has 92 valence electrons. The molecule has 1 aromatic rings. The van der Waals surface area contributed by atoms with E-state index in [-0.39, 0.29) is 12.2 Å². The molecule has 0 bridgehead atoms. The van der Waals surface area contributed by atoms with Gasteiger partial charge in [-0.3, -0.25) is 0 Å². The van der Waals surface area contributed by atoms with Crippen LogP contribution in [-0.2, 0) is 6.18 Å². The van der Waals surface area contributed by atoms with Crippen molar-refractivity contribution in [3.63, 3.8) is 0 Å². The van der Waals surface area contributed by atoms with Gasteiger partial charge in [0, 0.05) is 0 Å². The molecule has 0 fully saturated rings. The lowest BCUT2D eigenvalue weighted by molar-refractivity contribution is -0.139. The fourth-order valence-electron chi connectivity index (χ4n) is 1.16. The van der Waals surface area contributed by atoms with Gasteiger partial charge in [0.25, 0.3) is 0 Å². The van der Waals surface area contributed by atoms with Crippen LogP contribution < -0.4 is 4.74 Å². The lowest BCUT2D eigenvalue weighted by atomic mass is 10.1. The van der Waals surface area contributed by atoms with Gasteiger partial charge in [-0.25, -0.2) is 0 Å². The minimum atomic E-state index is -4.60. The molecule has 1 atom stereocenters. The van der Waals surface area contributed by atoms with Crippen molar-refractivity contribution in [2.24, 2.45) is 0 Å². The van der Waals surface area contributed by atoms with Crippen LogP contribution in [0.5, 0.6) is 5.75 Å². The molecule has 0 aromatic heterocycles. The molecule has 0 radical (unpaired) electrons. The molecule has 0 aliphatic rings. The summed E-state index contributed by atoms with van der Waals surface area (Å²) in [7, 11) is 0. The van der Waals surface area contributed by atoms with Crippen molar-refractivity contribution in [3.8, 4) is 11.8 Å². The number of halogens is 3. The van der Waals surface area contributed by atoms with E-state index in [9.17, 15) is 13.2 Å². The third-order valence-corrected chi connectivity index (χ3v) is 1.89. The van der Waals surface area contributed by atoms with Crippen LogP contribution in [-0.4, -0.2) is 17.8 Å². The van der Waals surface area contributed by atoms with Gasteiger partial charge in [-0.15, -0.1) is 0 Å².